The van der Waals surface area contributed by atoms with Gasteiger partial charge in [0, 0.05) is 17.9 Å². The Bertz CT molecular complexity index is 1370. The first-order chi connectivity index (χ1) is 17.1. The lowest BCUT2D eigenvalue weighted by Gasteiger charge is -2.26. The number of fused-ring (bicyclic) bond motifs is 1. The van der Waals surface area contributed by atoms with Crippen LogP contribution in [0.2, 0.25) is 0 Å². The van der Waals surface area contributed by atoms with E-state index in [1.54, 1.807) is 17.0 Å². The van der Waals surface area contributed by atoms with E-state index in [1.807, 2.05) is 0 Å². The molecule has 0 amide bonds. The third kappa shape index (κ3) is 4.09. The Kier molecular flexibility index (Phi) is 5.56. The number of benzene rings is 1. The summed E-state index contributed by atoms with van der Waals surface area (Å²) in [4.78, 5) is 19.6. The number of alkyl halides is 1. The Balaban J connectivity index is 1.39. The number of nitrogens with one attached hydrogen (secondary N) is 1. The van der Waals surface area contributed by atoms with Crippen LogP contribution >= 0.6 is 0 Å². The second-order valence-electron chi connectivity index (χ2n) is 8.91. The van der Waals surface area contributed by atoms with Crippen LogP contribution in [0.1, 0.15) is 42.7 Å². The summed E-state index contributed by atoms with van der Waals surface area (Å²) in [6.07, 6.45) is 2.04. The van der Waals surface area contributed by atoms with Crippen molar-refractivity contribution in [2.45, 2.75) is 37.4 Å². The number of hydrogen-bond acceptors (Lipinski definition) is 8. The highest BCUT2D eigenvalue weighted by molar-refractivity contribution is 5.87. The molecule has 2 aliphatic rings. The molecule has 2 atom stereocenters. The van der Waals surface area contributed by atoms with Gasteiger partial charge in [0.1, 0.15) is 41.2 Å². The predicted molar refractivity (Wildman–Crippen MR) is 121 cm³/mol. The fourth-order valence-corrected chi connectivity index (χ4v) is 4.92. The van der Waals surface area contributed by atoms with Crippen molar-refractivity contribution in [1.29, 1.82) is 0 Å². The van der Waals surface area contributed by atoms with Gasteiger partial charge in [0.2, 0.25) is 11.7 Å². The van der Waals surface area contributed by atoms with Crippen molar-refractivity contribution >= 4 is 16.9 Å². The van der Waals surface area contributed by atoms with E-state index in [4.69, 9.17) is 9.51 Å². The van der Waals surface area contributed by atoms with E-state index in [0.29, 0.717) is 34.3 Å². The molecule has 1 N–H and O–H groups in total. The molecule has 0 radical (unpaired) electrons. The third-order valence-electron chi connectivity index (χ3n) is 6.67. The zero-order valence-electron chi connectivity index (χ0n) is 18.7. The summed E-state index contributed by atoms with van der Waals surface area (Å²) >= 11 is 0. The Morgan fingerprint density at radius 1 is 1.03 bits per heavy atom. The fourth-order valence-electron chi connectivity index (χ4n) is 4.92. The molecule has 0 spiro atoms. The standard InChI is InChI=1S/C24H22F3N7O/c25-14-1-2-17(27)16(9-14)19-10-15(26)11-34(19)20-4-3-18-21(31-20)22(30-12-29-18)23-32-24(35-33-23)13-5-7-28-8-6-13/h1-4,9,12-13,15,19,28H,5-8,10-11H2/t15-,19+/m0/s1. The van der Waals surface area contributed by atoms with E-state index in [-0.39, 0.29) is 24.4 Å². The maximum Gasteiger partial charge on any atom is 0.230 e. The molecule has 0 saturated carbocycles. The number of pyridine rings is 1. The molecule has 1 aromatic carbocycles. The lowest BCUT2D eigenvalue weighted by atomic mass is 9.98. The van der Waals surface area contributed by atoms with Gasteiger partial charge in [-0.3, -0.25) is 0 Å². The molecule has 0 aliphatic carbocycles. The van der Waals surface area contributed by atoms with Gasteiger partial charge in [-0.1, -0.05) is 5.16 Å². The molecule has 3 aromatic heterocycles. The minimum atomic E-state index is -1.21. The van der Waals surface area contributed by atoms with Crippen LogP contribution < -0.4 is 10.2 Å². The minimum absolute atomic E-state index is 0.00419. The topological polar surface area (TPSA) is 92.9 Å². The van der Waals surface area contributed by atoms with Crippen LogP contribution in [0.4, 0.5) is 19.0 Å². The Morgan fingerprint density at radius 2 is 1.89 bits per heavy atom. The molecule has 6 rings (SSSR count). The number of anilines is 1. The second-order valence-corrected chi connectivity index (χ2v) is 8.91. The maximum atomic E-state index is 14.5. The Labute approximate surface area is 198 Å². The quantitative estimate of drug-likeness (QED) is 0.466. The number of halogens is 3. The van der Waals surface area contributed by atoms with Crippen LogP contribution in [0.15, 0.2) is 41.2 Å². The highest BCUT2D eigenvalue weighted by atomic mass is 19.1. The molecule has 180 valence electrons. The minimum Gasteiger partial charge on any atom is -0.346 e. The first-order valence-electron chi connectivity index (χ1n) is 11.6. The zero-order valence-corrected chi connectivity index (χ0v) is 18.7. The monoisotopic (exact) mass is 481 g/mol. The van der Waals surface area contributed by atoms with Gasteiger partial charge >= 0.3 is 0 Å². The van der Waals surface area contributed by atoms with Gasteiger partial charge < -0.3 is 14.7 Å². The van der Waals surface area contributed by atoms with Gasteiger partial charge in [-0.05, 0) is 56.3 Å². The number of nitrogens with zero attached hydrogens (tertiary/aromatic N) is 6. The normalized spacial score (nSPS) is 21.2. The first kappa shape index (κ1) is 21.9. The first-order valence-corrected chi connectivity index (χ1v) is 11.6. The van der Waals surface area contributed by atoms with Gasteiger partial charge in [0.25, 0.3) is 0 Å². The van der Waals surface area contributed by atoms with Crippen LogP contribution in [0.3, 0.4) is 0 Å². The van der Waals surface area contributed by atoms with Crippen LogP contribution in [-0.2, 0) is 0 Å². The zero-order chi connectivity index (χ0) is 23.9. The Hall–Kier alpha value is -3.60. The van der Waals surface area contributed by atoms with Crippen LogP contribution in [-0.4, -0.2) is 50.9 Å². The summed E-state index contributed by atoms with van der Waals surface area (Å²) in [5, 5.41) is 7.44. The third-order valence-corrected chi connectivity index (χ3v) is 6.67. The number of hydrogen-bond donors (Lipinski definition) is 1. The molecular weight excluding hydrogens is 459 g/mol. The van der Waals surface area contributed by atoms with Crippen molar-refractivity contribution < 1.29 is 17.7 Å². The molecule has 5 heterocycles. The summed E-state index contributed by atoms with van der Waals surface area (Å²) < 4.78 is 48.5. The second kappa shape index (κ2) is 8.88. The SMILES string of the molecule is Fc1ccc(F)c([C@H]2C[C@H](F)CN2c2ccc3ncnc(-c4noc(C5CCNCC5)n4)c3n2)c1. The smallest absolute Gasteiger partial charge is 0.230 e. The molecule has 2 saturated heterocycles. The van der Waals surface area contributed by atoms with Gasteiger partial charge in [-0.25, -0.2) is 28.1 Å². The van der Waals surface area contributed by atoms with E-state index in [9.17, 15) is 13.2 Å². The number of rotatable bonds is 4. The number of piperidine rings is 1. The lowest BCUT2D eigenvalue weighted by molar-refractivity contribution is 0.320. The van der Waals surface area contributed by atoms with Crippen LogP contribution in [0.5, 0.6) is 0 Å². The Morgan fingerprint density at radius 3 is 2.74 bits per heavy atom. The molecule has 0 bridgehead atoms. The highest BCUT2D eigenvalue weighted by Gasteiger charge is 2.36. The number of aromatic nitrogens is 5. The lowest BCUT2D eigenvalue weighted by Crippen LogP contribution is -2.26. The van der Waals surface area contributed by atoms with Crippen molar-refractivity contribution in [3.8, 4) is 11.5 Å². The largest absolute Gasteiger partial charge is 0.346 e. The summed E-state index contributed by atoms with van der Waals surface area (Å²) in [5.74, 6) is 0.288. The molecule has 2 aliphatic heterocycles. The van der Waals surface area contributed by atoms with Gasteiger partial charge in [-0.15, -0.1) is 0 Å². The van der Waals surface area contributed by atoms with E-state index in [0.717, 1.165) is 44.1 Å². The average Bonchev–Trinajstić information content (AvgIpc) is 3.52. The summed E-state index contributed by atoms with van der Waals surface area (Å²) in [6.45, 7) is 1.79. The van der Waals surface area contributed by atoms with Crippen molar-refractivity contribution in [3.63, 3.8) is 0 Å². The fraction of sp³-hybridized carbons (Fsp3) is 0.375. The van der Waals surface area contributed by atoms with Gasteiger partial charge in [-0.2, -0.15) is 4.98 Å². The average molecular weight is 481 g/mol. The van der Waals surface area contributed by atoms with E-state index in [1.165, 1.54) is 6.33 Å². The van der Waals surface area contributed by atoms with Gasteiger partial charge in [0.15, 0.2) is 0 Å². The van der Waals surface area contributed by atoms with Crippen molar-refractivity contribution in [1.82, 2.24) is 30.4 Å². The van der Waals surface area contributed by atoms with Crippen molar-refractivity contribution in [2.24, 2.45) is 0 Å². The summed E-state index contributed by atoms with van der Waals surface area (Å²) in [6, 6.07) is 5.95. The molecule has 4 aromatic rings. The van der Waals surface area contributed by atoms with Crippen LogP contribution in [0.25, 0.3) is 22.6 Å². The van der Waals surface area contributed by atoms with E-state index in [2.05, 4.69) is 25.4 Å². The molecule has 2 fully saturated rings. The highest BCUT2D eigenvalue weighted by Crippen LogP contribution is 2.39. The molecule has 35 heavy (non-hydrogen) atoms. The maximum absolute atomic E-state index is 14.5. The molecule has 8 nitrogen and oxygen atoms in total. The summed E-state index contributed by atoms with van der Waals surface area (Å²) in [5.41, 5.74) is 1.46. The molecule has 11 heteroatoms. The molecular formula is C24H22F3N7O. The summed E-state index contributed by atoms with van der Waals surface area (Å²) in [7, 11) is 0. The predicted octanol–water partition coefficient (Wildman–Crippen LogP) is 4.11. The van der Waals surface area contributed by atoms with E-state index >= 15 is 0 Å². The van der Waals surface area contributed by atoms with Crippen LogP contribution in [0, 0.1) is 11.6 Å². The van der Waals surface area contributed by atoms with Gasteiger partial charge in [0.05, 0.1) is 18.1 Å². The van der Waals surface area contributed by atoms with Crippen molar-refractivity contribution in [2.75, 3.05) is 24.5 Å². The van der Waals surface area contributed by atoms with Crippen molar-refractivity contribution in [3.05, 3.63) is 59.7 Å². The molecule has 0 unspecified atom stereocenters. The van der Waals surface area contributed by atoms with E-state index < -0.39 is 23.8 Å².